The molecule has 0 aliphatic rings. The van der Waals surface area contributed by atoms with Gasteiger partial charge in [0.05, 0.1) is 4.90 Å². The molecule has 19 heavy (non-hydrogen) atoms. The van der Waals surface area contributed by atoms with Crippen LogP contribution >= 0.6 is 39.3 Å². The van der Waals surface area contributed by atoms with Crippen LogP contribution in [0, 0.1) is 0 Å². The number of nitrogens with zero attached hydrogens (tertiary/aromatic N) is 1. The van der Waals surface area contributed by atoms with Gasteiger partial charge in [-0.25, -0.2) is 8.42 Å². The summed E-state index contributed by atoms with van der Waals surface area (Å²) in [4.78, 5) is 0.265. The zero-order valence-corrected chi connectivity index (χ0v) is 15.0. The van der Waals surface area contributed by atoms with Crippen LogP contribution in [-0.4, -0.2) is 37.8 Å². The second-order valence-corrected chi connectivity index (χ2v) is 8.22. The fourth-order valence-electron chi connectivity index (χ4n) is 1.57. The lowest BCUT2D eigenvalue weighted by atomic mass is 10.2. The molecular weight excluding hydrogens is 370 g/mol. The molecule has 0 spiro atoms. The monoisotopic (exact) mass is 385 g/mol. The van der Waals surface area contributed by atoms with E-state index in [1.54, 1.807) is 37.0 Å². The first-order chi connectivity index (χ1) is 8.84. The van der Waals surface area contributed by atoms with Crippen molar-refractivity contribution in [2.75, 3.05) is 19.1 Å². The average molecular weight is 387 g/mol. The minimum absolute atomic E-state index is 0.0634. The molecule has 0 radical (unpaired) electrons. The Morgan fingerprint density at radius 3 is 2.63 bits per heavy atom. The summed E-state index contributed by atoms with van der Waals surface area (Å²) in [6.45, 7) is 1.90. The van der Waals surface area contributed by atoms with Gasteiger partial charge in [0.15, 0.2) is 0 Å². The Morgan fingerprint density at radius 1 is 1.47 bits per heavy atom. The maximum Gasteiger partial charge on any atom is 0.244 e. The highest BCUT2D eigenvalue weighted by Gasteiger charge is 2.27. The lowest BCUT2D eigenvalue weighted by Crippen LogP contribution is -2.36. The molecule has 0 fully saturated rings. The van der Waals surface area contributed by atoms with Gasteiger partial charge in [-0.05, 0) is 46.8 Å². The number of halogens is 2. The molecular formula is C12H17BrClNO2S2. The van der Waals surface area contributed by atoms with Gasteiger partial charge in [-0.1, -0.05) is 6.07 Å². The van der Waals surface area contributed by atoms with Gasteiger partial charge in [0.2, 0.25) is 10.0 Å². The van der Waals surface area contributed by atoms with E-state index in [1.165, 1.54) is 4.31 Å². The van der Waals surface area contributed by atoms with E-state index in [2.05, 4.69) is 15.9 Å². The van der Waals surface area contributed by atoms with Gasteiger partial charge in [0.1, 0.15) is 0 Å². The molecule has 1 atom stereocenters. The van der Waals surface area contributed by atoms with Crippen LogP contribution < -0.4 is 0 Å². The third-order valence-electron chi connectivity index (χ3n) is 2.84. The van der Waals surface area contributed by atoms with Crippen LogP contribution in [0.25, 0.3) is 0 Å². The Hall–Kier alpha value is 0.250. The molecule has 0 aromatic heterocycles. The summed E-state index contributed by atoms with van der Waals surface area (Å²) in [5.74, 6) is 1.04. The number of hydrogen-bond acceptors (Lipinski definition) is 3. The van der Waals surface area contributed by atoms with Crippen molar-refractivity contribution in [2.24, 2.45) is 0 Å². The second-order valence-electron chi connectivity index (χ2n) is 4.22. The molecule has 0 aliphatic carbocycles. The summed E-state index contributed by atoms with van der Waals surface area (Å²) in [5, 5.41) is 0. The lowest BCUT2D eigenvalue weighted by Gasteiger charge is -2.24. The van der Waals surface area contributed by atoms with E-state index >= 15 is 0 Å². The molecule has 0 saturated carbocycles. The number of sulfonamides is 1. The van der Waals surface area contributed by atoms with Crippen molar-refractivity contribution < 1.29 is 8.42 Å². The number of rotatable bonds is 6. The third-order valence-corrected chi connectivity index (χ3v) is 6.93. The number of thioether (sulfide) groups is 1. The minimum atomic E-state index is -3.51. The SMILES string of the molecule is CSCC(C)N(C)S(=O)(=O)c1cc(CCl)ccc1Br. The molecule has 3 nitrogen and oxygen atoms in total. The van der Waals surface area contributed by atoms with Gasteiger partial charge in [0, 0.05) is 29.2 Å². The van der Waals surface area contributed by atoms with Gasteiger partial charge in [-0.3, -0.25) is 0 Å². The van der Waals surface area contributed by atoms with Crippen molar-refractivity contribution in [3.63, 3.8) is 0 Å². The van der Waals surface area contributed by atoms with E-state index in [9.17, 15) is 8.42 Å². The Morgan fingerprint density at radius 2 is 2.11 bits per heavy atom. The Labute approximate surface area is 132 Å². The Balaban J connectivity index is 3.19. The summed E-state index contributed by atoms with van der Waals surface area (Å²) >= 11 is 10.7. The molecule has 0 heterocycles. The first-order valence-electron chi connectivity index (χ1n) is 5.66. The van der Waals surface area contributed by atoms with Crippen LogP contribution in [0.4, 0.5) is 0 Å². The van der Waals surface area contributed by atoms with Crippen molar-refractivity contribution in [1.29, 1.82) is 0 Å². The van der Waals surface area contributed by atoms with Crippen LogP contribution in [0.3, 0.4) is 0 Å². The fourth-order valence-corrected chi connectivity index (χ4v) is 4.87. The normalized spacial score (nSPS) is 13.8. The van der Waals surface area contributed by atoms with Crippen LogP contribution in [0.1, 0.15) is 12.5 Å². The lowest BCUT2D eigenvalue weighted by molar-refractivity contribution is 0.415. The maximum absolute atomic E-state index is 12.6. The van der Waals surface area contributed by atoms with Gasteiger partial charge in [-0.15, -0.1) is 11.6 Å². The highest BCUT2D eigenvalue weighted by Crippen LogP contribution is 2.27. The summed E-state index contributed by atoms with van der Waals surface area (Å²) in [6.07, 6.45) is 1.96. The largest absolute Gasteiger partial charge is 0.244 e. The van der Waals surface area contributed by atoms with E-state index in [-0.39, 0.29) is 10.9 Å². The summed E-state index contributed by atoms with van der Waals surface area (Å²) in [7, 11) is -1.90. The topological polar surface area (TPSA) is 37.4 Å². The third kappa shape index (κ3) is 4.11. The van der Waals surface area contributed by atoms with E-state index in [4.69, 9.17) is 11.6 Å². The van der Waals surface area contributed by atoms with Crippen molar-refractivity contribution in [3.8, 4) is 0 Å². The number of hydrogen-bond donors (Lipinski definition) is 0. The molecule has 0 saturated heterocycles. The van der Waals surface area contributed by atoms with Crippen molar-refractivity contribution in [2.45, 2.75) is 23.7 Å². The van der Waals surface area contributed by atoms with E-state index < -0.39 is 10.0 Å². The van der Waals surface area contributed by atoms with Crippen LogP contribution in [-0.2, 0) is 15.9 Å². The Bertz CT molecular complexity index is 537. The van der Waals surface area contributed by atoms with Crippen molar-refractivity contribution >= 4 is 49.3 Å². The molecule has 108 valence electrons. The van der Waals surface area contributed by atoms with Gasteiger partial charge >= 0.3 is 0 Å². The molecule has 1 aromatic carbocycles. The molecule has 1 unspecified atom stereocenters. The smallest absolute Gasteiger partial charge is 0.207 e. The number of benzene rings is 1. The predicted octanol–water partition coefficient (Wildman–Crippen LogP) is 3.56. The van der Waals surface area contributed by atoms with Crippen molar-refractivity contribution in [3.05, 3.63) is 28.2 Å². The van der Waals surface area contributed by atoms with Gasteiger partial charge in [0.25, 0.3) is 0 Å². The van der Waals surface area contributed by atoms with Gasteiger partial charge < -0.3 is 0 Å². The number of alkyl halides is 1. The summed E-state index contributed by atoms with van der Waals surface area (Å²) < 4.78 is 27.1. The highest BCUT2D eigenvalue weighted by molar-refractivity contribution is 9.10. The zero-order valence-electron chi connectivity index (χ0n) is 11.1. The predicted molar refractivity (Wildman–Crippen MR) is 86.5 cm³/mol. The molecule has 0 amide bonds. The molecule has 0 aliphatic heterocycles. The van der Waals surface area contributed by atoms with Crippen LogP contribution in [0.15, 0.2) is 27.6 Å². The van der Waals surface area contributed by atoms with Gasteiger partial charge in [-0.2, -0.15) is 16.1 Å². The molecule has 0 bridgehead atoms. The van der Waals surface area contributed by atoms with Crippen LogP contribution in [0.5, 0.6) is 0 Å². The van der Waals surface area contributed by atoms with E-state index in [0.29, 0.717) is 10.4 Å². The Kier molecular flexibility index (Phi) is 6.66. The quantitative estimate of drug-likeness (QED) is 0.702. The van der Waals surface area contributed by atoms with E-state index in [1.807, 2.05) is 13.2 Å². The first kappa shape index (κ1) is 17.3. The average Bonchev–Trinajstić information content (AvgIpc) is 2.38. The van der Waals surface area contributed by atoms with Crippen molar-refractivity contribution in [1.82, 2.24) is 4.31 Å². The maximum atomic E-state index is 12.6. The standard InChI is InChI=1S/C12H17BrClNO2S2/c1-9(8-18-3)15(2)19(16,17)12-6-10(7-14)4-5-11(12)13/h4-6,9H,7-8H2,1-3H3. The minimum Gasteiger partial charge on any atom is -0.207 e. The second kappa shape index (κ2) is 7.31. The van der Waals surface area contributed by atoms with Crippen LogP contribution in [0.2, 0.25) is 0 Å². The summed E-state index contributed by atoms with van der Waals surface area (Å²) in [5.41, 5.74) is 0.786. The fraction of sp³-hybridized carbons (Fsp3) is 0.500. The highest BCUT2D eigenvalue weighted by atomic mass is 79.9. The zero-order chi connectivity index (χ0) is 14.6. The summed E-state index contributed by atoms with van der Waals surface area (Å²) in [6, 6.07) is 5.08. The molecule has 1 aromatic rings. The molecule has 0 N–H and O–H groups in total. The molecule has 7 heteroatoms. The molecule has 1 rings (SSSR count). The first-order valence-corrected chi connectivity index (χ1v) is 9.82. The van der Waals surface area contributed by atoms with E-state index in [0.717, 1.165) is 11.3 Å².